The first kappa shape index (κ1) is 21.2. The van der Waals surface area contributed by atoms with E-state index in [2.05, 4.69) is 52.9 Å². The largest absolute Gasteiger partial charge is 0.352 e. The van der Waals surface area contributed by atoms with E-state index in [1.165, 1.54) is 17.8 Å². The molecule has 0 radical (unpaired) electrons. The molecule has 0 bridgehead atoms. The van der Waals surface area contributed by atoms with Crippen molar-refractivity contribution >= 4 is 29.9 Å². The number of nitrogens with zero attached hydrogens (tertiary/aromatic N) is 5. The highest BCUT2D eigenvalue weighted by molar-refractivity contribution is 14.0. The Bertz CT molecular complexity index is 544. The van der Waals surface area contributed by atoms with E-state index in [4.69, 9.17) is 0 Å². The fraction of sp³-hybridized carbons (Fsp3) is 0.765. The summed E-state index contributed by atoms with van der Waals surface area (Å²) in [6.45, 7) is 15.0. The molecule has 1 aromatic heterocycles. The van der Waals surface area contributed by atoms with E-state index in [0.717, 1.165) is 50.3 Å². The van der Waals surface area contributed by atoms with Gasteiger partial charge < -0.3 is 10.2 Å². The summed E-state index contributed by atoms with van der Waals surface area (Å²) in [5, 5.41) is 7.99. The summed E-state index contributed by atoms with van der Waals surface area (Å²) in [6, 6.07) is 0. The average molecular weight is 448 g/mol. The number of aryl methyl sites for hydroxylation is 2. The lowest BCUT2D eigenvalue weighted by Crippen LogP contribution is -2.52. The van der Waals surface area contributed by atoms with E-state index in [0.29, 0.717) is 0 Å². The molecule has 0 atom stereocenters. The lowest BCUT2D eigenvalue weighted by molar-refractivity contribution is 0.164. The number of guanidine groups is 1. The summed E-state index contributed by atoms with van der Waals surface area (Å²) in [6.07, 6.45) is 0. The summed E-state index contributed by atoms with van der Waals surface area (Å²) in [5.74, 6) is 1.73. The highest BCUT2D eigenvalue weighted by Crippen LogP contribution is 2.12. The molecule has 0 aliphatic carbocycles. The molecule has 7 heteroatoms. The SMILES string of the molecule is CN=C(NCc1c(C)nn(C)c1C)N1CCN(CC(C)C)CC1.I. The predicted molar refractivity (Wildman–Crippen MR) is 111 cm³/mol. The van der Waals surface area contributed by atoms with Gasteiger partial charge in [-0.1, -0.05) is 13.8 Å². The van der Waals surface area contributed by atoms with Crippen LogP contribution in [-0.2, 0) is 13.6 Å². The second-order valence-electron chi connectivity index (χ2n) is 6.86. The summed E-state index contributed by atoms with van der Waals surface area (Å²) >= 11 is 0. The first-order valence-corrected chi connectivity index (χ1v) is 8.59. The van der Waals surface area contributed by atoms with Gasteiger partial charge in [-0.15, -0.1) is 24.0 Å². The number of aliphatic imine (C=N–C) groups is 1. The third kappa shape index (κ3) is 5.34. The molecular formula is C17H33IN6. The van der Waals surface area contributed by atoms with Crippen LogP contribution < -0.4 is 5.32 Å². The predicted octanol–water partition coefficient (Wildman–Crippen LogP) is 2.00. The smallest absolute Gasteiger partial charge is 0.194 e. The molecule has 1 fully saturated rings. The molecule has 0 spiro atoms. The third-order valence-corrected chi connectivity index (χ3v) is 4.59. The Morgan fingerprint density at radius 2 is 1.83 bits per heavy atom. The number of halogens is 1. The van der Waals surface area contributed by atoms with Gasteiger partial charge in [-0.05, 0) is 19.8 Å². The van der Waals surface area contributed by atoms with Crippen molar-refractivity contribution < 1.29 is 0 Å². The number of hydrogen-bond donors (Lipinski definition) is 1. The first-order valence-electron chi connectivity index (χ1n) is 8.59. The Morgan fingerprint density at radius 1 is 1.21 bits per heavy atom. The van der Waals surface area contributed by atoms with Gasteiger partial charge in [-0.3, -0.25) is 14.6 Å². The highest BCUT2D eigenvalue weighted by Gasteiger charge is 2.20. The van der Waals surface area contributed by atoms with Crippen LogP contribution in [0, 0.1) is 19.8 Å². The van der Waals surface area contributed by atoms with Crippen LogP contribution in [0.25, 0.3) is 0 Å². The molecule has 0 aromatic carbocycles. The maximum Gasteiger partial charge on any atom is 0.194 e. The molecule has 138 valence electrons. The molecule has 0 amide bonds. The quantitative estimate of drug-likeness (QED) is 0.435. The Kier molecular flexibility index (Phi) is 8.49. The lowest BCUT2D eigenvalue weighted by atomic mass is 10.2. The van der Waals surface area contributed by atoms with Crippen LogP contribution in [0.5, 0.6) is 0 Å². The maximum absolute atomic E-state index is 4.48. The number of piperazine rings is 1. The average Bonchev–Trinajstić information content (AvgIpc) is 2.74. The van der Waals surface area contributed by atoms with Crippen molar-refractivity contribution in [3.05, 3.63) is 17.0 Å². The van der Waals surface area contributed by atoms with Crippen molar-refractivity contribution in [2.45, 2.75) is 34.2 Å². The van der Waals surface area contributed by atoms with Crippen LogP contribution in [0.1, 0.15) is 30.8 Å². The monoisotopic (exact) mass is 448 g/mol. The van der Waals surface area contributed by atoms with E-state index in [9.17, 15) is 0 Å². The second-order valence-corrected chi connectivity index (χ2v) is 6.86. The van der Waals surface area contributed by atoms with Crippen molar-refractivity contribution in [1.82, 2.24) is 24.9 Å². The van der Waals surface area contributed by atoms with Gasteiger partial charge in [0.2, 0.25) is 0 Å². The summed E-state index contributed by atoms with van der Waals surface area (Å²) in [5.41, 5.74) is 3.58. The molecule has 2 rings (SSSR count). The molecule has 6 nitrogen and oxygen atoms in total. The zero-order valence-electron chi connectivity index (χ0n) is 16.0. The molecule has 1 N–H and O–H groups in total. The molecule has 1 aliphatic rings. The minimum Gasteiger partial charge on any atom is -0.352 e. The Hall–Kier alpha value is -0.830. The highest BCUT2D eigenvalue weighted by atomic mass is 127. The van der Waals surface area contributed by atoms with Crippen molar-refractivity contribution in [3.8, 4) is 0 Å². The minimum absolute atomic E-state index is 0. The summed E-state index contributed by atoms with van der Waals surface area (Å²) in [4.78, 5) is 9.37. The molecule has 2 heterocycles. The number of rotatable bonds is 4. The number of hydrogen-bond acceptors (Lipinski definition) is 3. The first-order chi connectivity index (χ1) is 10.9. The lowest BCUT2D eigenvalue weighted by Gasteiger charge is -2.37. The summed E-state index contributed by atoms with van der Waals surface area (Å²) < 4.78 is 1.94. The summed E-state index contributed by atoms with van der Waals surface area (Å²) in [7, 11) is 3.86. The molecule has 1 aliphatic heterocycles. The van der Waals surface area contributed by atoms with Crippen molar-refractivity contribution in [3.63, 3.8) is 0 Å². The topological polar surface area (TPSA) is 48.7 Å². The fourth-order valence-electron chi connectivity index (χ4n) is 3.23. The zero-order valence-corrected chi connectivity index (χ0v) is 18.3. The molecule has 1 saturated heterocycles. The van der Waals surface area contributed by atoms with Gasteiger partial charge in [-0.2, -0.15) is 5.10 Å². The van der Waals surface area contributed by atoms with E-state index in [1.54, 1.807) is 0 Å². The van der Waals surface area contributed by atoms with Crippen LogP contribution in [-0.4, -0.2) is 65.3 Å². The van der Waals surface area contributed by atoms with Crippen molar-refractivity contribution in [2.24, 2.45) is 18.0 Å². The number of aromatic nitrogens is 2. The van der Waals surface area contributed by atoms with Crippen LogP contribution >= 0.6 is 24.0 Å². The zero-order chi connectivity index (χ0) is 17.0. The fourth-order valence-corrected chi connectivity index (χ4v) is 3.23. The minimum atomic E-state index is 0. The van der Waals surface area contributed by atoms with Crippen LogP contribution in [0.2, 0.25) is 0 Å². The van der Waals surface area contributed by atoms with Crippen molar-refractivity contribution in [1.29, 1.82) is 0 Å². The van der Waals surface area contributed by atoms with Crippen LogP contribution in [0.3, 0.4) is 0 Å². The standard InChI is InChI=1S/C17H32N6.HI/c1-13(2)12-22-7-9-23(10-8-22)17(18-5)19-11-16-14(3)20-21(6)15(16)4;/h13H,7-12H2,1-6H3,(H,18,19);1H. The third-order valence-electron chi connectivity index (χ3n) is 4.59. The van der Waals surface area contributed by atoms with Crippen LogP contribution in [0.15, 0.2) is 4.99 Å². The van der Waals surface area contributed by atoms with Gasteiger partial charge in [0, 0.05) is 64.6 Å². The van der Waals surface area contributed by atoms with Gasteiger partial charge in [-0.25, -0.2) is 0 Å². The molecule has 0 unspecified atom stereocenters. The Balaban J connectivity index is 0.00000288. The van der Waals surface area contributed by atoms with Gasteiger partial charge in [0.15, 0.2) is 5.96 Å². The Morgan fingerprint density at radius 3 is 2.29 bits per heavy atom. The van der Waals surface area contributed by atoms with E-state index in [1.807, 2.05) is 18.8 Å². The molecule has 0 saturated carbocycles. The van der Waals surface area contributed by atoms with Gasteiger partial charge in [0.25, 0.3) is 0 Å². The van der Waals surface area contributed by atoms with Gasteiger partial charge in [0.1, 0.15) is 0 Å². The van der Waals surface area contributed by atoms with Gasteiger partial charge in [0.05, 0.1) is 5.69 Å². The van der Waals surface area contributed by atoms with Gasteiger partial charge >= 0.3 is 0 Å². The Labute approximate surface area is 163 Å². The molecule has 1 aromatic rings. The molecular weight excluding hydrogens is 415 g/mol. The van der Waals surface area contributed by atoms with E-state index < -0.39 is 0 Å². The second kappa shape index (κ2) is 9.60. The van der Waals surface area contributed by atoms with Crippen molar-refractivity contribution in [2.75, 3.05) is 39.8 Å². The number of nitrogens with one attached hydrogen (secondary N) is 1. The van der Waals surface area contributed by atoms with E-state index >= 15 is 0 Å². The normalized spacial score (nSPS) is 16.5. The van der Waals surface area contributed by atoms with E-state index in [-0.39, 0.29) is 24.0 Å². The molecule has 24 heavy (non-hydrogen) atoms. The van der Waals surface area contributed by atoms with Crippen LogP contribution in [0.4, 0.5) is 0 Å². The maximum atomic E-state index is 4.48.